The lowest BCUT2D eigenvalue weighted by atomic mass is 10.00. The number of nitrogens with zero attached hydrogens (tertiary/aromatic N) is 3. The number of allylic oxidation sites excluding steroid dienone is 5. The van der Waals surface area contributed by atoms with Gasteiger partial charge >= 0.3 is 0 Å². The summed E-state index contributed by atoms with van der Waals surface area (Å²) in [4.78, 5) is 13.3. The summed E-state index contributed by atoms with van der Waals surface area (Å²) in [5.41, 5.74) is 3.72. The number of aromatic nitrogens is 3. The van der Waals surface area contributed by atoms with Gasteiger partial charge in [0.25, 0.3) is 0 Å². The van der Waals surface area contributed by atoms with Crippen LogP contribution in [0.25, 0.3) is 26.9 Å². The van der Waals surface area contributed by atoms with E-state index in [1.54, 1.807) is 37.6 Å². The van der Waals surface area contributed by atoms with Crippen molar-refractivity contribution in [1.29, 1.82) is 0 Å². The molecule has 0 aliphatic heterocycles. The van der Waals surface area contributed by atoms with Crippen molar-refractivity contribution in [3.8, 4) is 11.1 Å². The van der Waals surface area contributed by atoms with Crippen LogP contribution < -0.4 is 0 Å². The van der Waals surface area contributed by atoms with Gasteiger partial charge in [0.1, 0.15) is 5.60 Å². The van der Waals surface area contributed by atoms with Crippen LogP contribution in [-0.4, -0.2) is 20.1 Å². The second kappa shape index (κ2) is 7.55. The molecule has 0 unspecified atom stereocenters. The van der Waals surface area contributed by atoms with E-state index in [9.17, 15) is 5.11 Å². The highest BCUT2D eigenvalue weighted by Gasteiger charge is 2.19. The molecule has 0 aliphatic carbocycles. The van der Waals surface area contributed by atoms with Crippen molar-refractivity contribution in [3.63, 3.8) is 0 Å². The molecule has 0 fully saturated rings. The Morgan fingerprint density at radius 1 is 1.15 bits per heavy atom. The molecule has 2 aromatic heterocycles. The molecule has 0 spiro atoms. The van der Waals surface area contributed by atoms with Crippen LogP contribution in [0.1, 0.15) is 37.2 Å². The Kier molecular flexibility index (Phi) is 5.35. The fourth-order valence-corrected chi connectivity index (χ4v) is 3.66. The van der Waals surface area contributed by atoms with Crippen molar-refractivity contribution in [2.24, 2.45) is 0 Å². The largest absolute Gasteiger partial charge is 0.382 e. The predicted molar refractivity (Wildman–Crippen MR) is 114 cm³/mol. The van der Waals surface area contributed by atoms with Gasteiger partial charge in [-0.25, -0.2) is 15.0 Å². The van der Waals surface area contributed by atoms with Gasteiger partial charge in [0.05, 0.1) is 15.2 Å². The van der Waals surface area contributed by atoms with Crippen LogP contribution >= 0.6 is 11.3 Å². The first-order valence-corrected chi connectivity index (χ1v) is 9.56. The van der Waals surface area contributed by atoms with Gasteiger partial charge in [0, 0.05) is 23.5 Å². The molecule has 0 saturated heterocycles. The first kappa shape index (κ1) is 19.1. The molecule has 3 aromatic rings. The first-order chi connectivity index (χ1) is 12.8. The van der Waals surface area contributed by atoms with Crippen molar-refractivity contribution in [2.75, 3.05) is 0 Å². The Morgan fingerprint density at radius 3 is 2.48 bits per heavy atom. The molecule has 5 heteroatoms. The predicted octanol–water partition coefficient (Wildman–Crippen LogP) is 5.43. The lowest BCUT2D eigenvalue weighted by Crippen LogP contribution is -2.19. The topological polar surface area (TPSA) is 58.9 Å². The molecule has 0 aliphatic rings. The molecule has 0 saturated carbocycles. The third-order valence-corrected chi connectivity index (χ3v) is 5.10. The van der Waals surface area contributed by atoms with Gasteiger partial charge < -0.3 is 5.11 Å². The molecule has 1 N–H and O–H groups in total. The lowest BCUT2D eigenvalue weighted by molar-refractivity contribution is 0.0687. The van der Waals surface area contributed by atoms with Gasteiger partial charge in [-0.2, -0.15) is 0 Å². The van der Waals surface area contributed by atoms with E-state index in [1.165, 1.54) is 0 Å². The minimum atomic E-state index is -1.06. The van der Waals surface area contributed by atoms with E-state index >= 15 is 0 Å². The second-order valence-corrected chi connectivity index (χ2v) is 8.07. The van der Waals surface area contributed by atoms with Gasteiger partial charge in [-0.05, 0) is 51.0 Å². The lowest BCUT2D eigenvalue weighted by Gasteiger charge is -2.15. The number of aryl methyl sites for hydroxylation is 1. The van der Waals surface area contributed by atoms with Crippen LogP contribution in [0.15, 0.2) is 55.4 Å². The minimum Gasteiger partial charge on any atom is -0.382 e. The molecule has 0 atom stereocenters. The quantitative estimate of drug-likeness (QED) is 0.602. The van der Waals surface area contributed by atoms with E-state index in [1.807, 2.05) is 44.2 Å². The number of benzene rings is 1. The average Bonchev–Trinajstić information content (AvgIpc) is 3.00. The summed E-state index contributed by atoms with van der Waals surface area (Å²) in [6.07, 6.45) is 11.4. The summed E-state index contributed by atoms with van der Waals surface area (Å²) in [5.74, 6) is 0.399. The summed E-state index contributed by atoms with van der Waals surface area (Å²) in [6, 6.07) is 4.15. The van der Waals surface area contributed by atoms with Crippen molar-refractivity contribution in [1.82, 2.24) is 15.0 Å². The zero-order valence-electron chi connectivity index (χ0n) is 16.0. The van der Waals surface area contributed by atoms with Gasteiger partial charge in [0.15, 0.2) is 5.82 Å². The summed E-state index contributed by atoms with van der Waals surface area (Å²) in [6.45, 7) is 11.6. The number of aliphatic hydroxyl groups is 1. The highest BCUT2D eigenvalue weighted by molar-refractivity contribution is 7.18. The molecule has 0 amide bonds. The molecular weight excluding hydrogens is 354 g/mol. The highest BCUT2D eigenvalue weighted by atomic mass is 32.1. The fraction of sp³-hybridized carbons (Fsp3) is 0.227. The normalized spacial score (nSPS) is 12.5. The average molecular weight is 378 g/mol. The summed E-state index contributed by atoms with van der Waals surface area (Å²) in [5, 5.41) is 11.1. The zero-order chi connectivity index (χ0) is 19.6. The Hall–Kier alpha value is -2.63. The highest BCUT2D eigenvalue weighted by Crippen LogP contribution is 2.34. The van der Waals surface area contributed by atoms with Crippen LogP contribution in [0.5, 0.6) is 0 Å². The van der Waals surface area contributed by atoms with E-state index < -0.39 is 5.60 Å². The molecular formula is C22H23N3OS. The zero-order valence-corrected chi connectivity index (χ0v) is 16.8. The number of hydrogen-bond donors (Lipinski definition) is 1. The SMILES string of the molecule is C=C(/C=C\C=C/C)c1cc(-c2cnc(C(C)(C)O)nc2)cc2nc(C)sc12. The third-order valence-electron chi connectivity index (χ3n) is 4.08. The molecule has 27 heavy (non-hydrogen) atoms. The number of rotatable bonds is 5. The fourth-order valence-electron chi connectivity index (χ4n) is 2.71. The maximum absolute atomic E-state index is 10.1. The van der Waals surface area contributed by atoms with Crippen LogP contribution in [0.3, 0.4) is 0 Å². The second-order valence-electron chi connectivity index (χ2n) is 6.87. The molecule has 0 bridgehead atoms. The number of thiazole rings is 1. The van der Waals surface area contributed by atoms with Crippen LogP contribution in [0.2, 0.25) is 0 Å². The molecule has 0 radical (unpaired) electrons. The van der Waals surface area contributed by atoms with E-state index in [2.05, 4.69) is 27.6 Å². The van der Waals surface area contributed by atoms with Crippen LogP contribution in [0.4, 0.5) is 0 Å². The van der Waals surface area contributed by atoms with Crippen molar-refractivity contribution in [2.45, 2.75) is 33.3 Å². The van der Waals surface area contributed by atoms with Crippen LogP contribution in [-0.2, 0) is 5.60 Å². The van der Waals surface area contributed by atoms with Gasteiger partial charge in [-0.1, -0.05) is 30.9 Å². The van der Waals surface area contributed by atoms with Gasteiger partial charge in [-0.3, -0.25) is 0 Å². The Labute approximate surface area is 163 Å². The molecule has 138 valence electrons. The Balaban J connectivity index is 2.10. The summed E-state index contributed by atoms with van der Waals surface area (Å²) in [7, 11) is 0. The molecule has 2 heterocycles. The smallest absolute Gasteiger partial charge is 0.159 e. The van der Waals surface area contributed by atoms with E-state index in [0.717, 1.165) is 37.5 Å². The Morgan fingerprint density at radius 2 is 1.85 bits per heavy atom. The van der Waals surface area contributed by atoms with Crippen molar-refractivity contribution in [3.05, 3.63) is 71.8 Å². The van der Waals surface area contributed by atoms with Crippen molar-refractivity contribution >= 4 is 27.1 Å². The Bertz CT molecular complexity index is 1040. The number of fused-ring (bicyclic) bond motifs is 1. The molecule has 4 nitrogen and oxygen atoms in total. The maximum atomic E-state index is 10.1. The van der Waals surface area contributed by atoms with Crippen LogP contribution in [0, 0.1) is 6.92 Å². The molecule has 1 aromatic carbocycles. The van der Waals surface area contributed by atoms with E-state index in [-0.39, 0.29) is 0 Å². The monoisotopic (exact) mass is 377 g/mol. The number of hydrogen-bond acceptors (Lipinski definition) is 5. The minimum absolute atomic E-state index is 0.399. The third kappa shape index (κ3) is 4.21. The summed E-state index contributed by atoms with van der Waals surface area (Å²) >= 11 is 1.67. The summed E-state index contributed by atoms with van der Waals surface area (Å²) < 4.78 is 1.13. The van der Waals surface area contributed by atoms with E-state index in [0.29, 0.717) is 5.82 Å². The standard InChI is InChI=1S/C22H23N3OS/c1-6-7-8-9-14(2)18-10-16(11-19-20(18)27-15(3)25-19)17-12-23-21(24-13-17)22(4,5)26/h6-13,26H,2H2,1,3-5H3/b7-6-,9-8-. The molecule has 3 rings (SSSR count). The van der Waals surface area contributed by atoms with Gasteiger partial charge in [-0.15, -0.1) is 11.3 Å². The van der Waals surface area contributed by atoms with Crippen molar-refractivity contribution < 1.29 is 5.11 Å². The van der Waals surface area contributed by atoms with E-state index in [4.69, 9.17) is 0 Å². The first-order valence-electron chi connectivity index (χ1n) is 8.74. The van der Waals surface area contributed by atoms with Gasteiger partial charge in [0.2, 0.25) is 0 Å². The maximum Gasteiger partial charge on any atom is 0.159 e.